The highest BCUT2D eigenvalue weighted by Crippen LogP contribution is 2.33. The van der Waals surface area contributed by atoms with E-state index in [0.717, 1.165) is 17.3 Å². The lowest BCUT2D eigenvalue weighted by molar-refractivity contribution is 0.0256. The molecule has 2 N–H and O–H groups in total. The summed E-state index contributed by atoms with van der Waals surface area (Å²) in [6.45, 7) is 3.33. The van der Waals surface area contributed by atoms with Crippen LogP contribution < -0.4 is 14.8 Å². The van der Waals surface area contributed by atoms with Crippen LogP contribution in [0, 0.1) is 0 Å². The number of nitrogens with one attached hydrogen (secondary N) is 1. The number of rotatable bonds is 9. The summed E-state index contributed by atoms with van der Waals surface area (Å²) in [4.78, 5) is 11.5. The first-order chi connectivity index (χ1) is 14.4. The minimum atomic E-state index is -0.714. The topological polar surface area (TPSA) is 77.0 Å². The van der Waals surface area contributed by atoms with Gasteiger partial charge < -0.3 is 24.6 Å². The van der Waals surface area contributed by atoms with E-state index in [2.05, 4.69) is 33.4 Å². The maximum absolute atomic E-state index is 11.5. The number of aliphatic hydroxyl groups is 1. The summed E-state index contributed by atoms with van der Waals surface area (Å²) in [5.41, 5.74) is 1.48. The lowest BCUT2D eigenvalue weighted by atomic mass is 9.82. The predicted molar refractivity (Wildman–Crippen MR) is 118 cm³/mol. The van der Waals surface area contributed by atoms with Crippen molar-refractivity contribution in [1.82, 2.24) is 5.32 Å². The normalized spacial score (nSPS) is 16.7. The fraction of sp³-hybridized carbons (Fsp3) is 0.435. The van der Waals surface area contributed by atoms with E-state index in [4.69, 9.17) is 14.2 Å². The Hall–Kier alpha value is -1.93. The van der Waals surface area contributed by atoms with Gasteiger partial charge in [0, 0.05) is 35.3 Å². The summed E-state index contributed by atoms with van der Waals surface area (Å²) in [7, 11) is 1.52. The Kier molecular flexibility index (Phi) is 7.88. The molecule has 162 valence electrons. The third-order valence-corrected chi connectivity index (χ3v) is 5.89. The van der Waals surface area contributed by atoms with Crippen molar-refractivity contribution in [2.45, 2.75) is 31.4 Å². The Bertz CT molecular complexity index is 866. The average molecular weight is 478 g/mol. The molecule has 0 spiro atoms. The Morgan fingerprint density at radius 3 is 2.67 bits per heavy atom. The maximum Gasteiger partial charge on any atom is 0.161 e. The van der Waals surface area contributed by atoms with Gasteiger partial charge in [-0.1, -0.05) is 28.1 Å². The van der Waals surface area contributed by atoms with Crippen molar-refractivity contribution in [2.24, 2.45) is 0 Å². The number of hydrogen-bond donors (Lipinski definition) is 2. The monoisotopic (exact) mass is 477 g/mol. The number of ether oxygens (including phenoxy) is 3. The molecule has 1 aliphatic heterocycles. The zero-order valence-electron chi connectivity index (χ0n) is 17.3. The zero-order valence-corrected chi connectivity index (χ0v) is 18.9. The average Bonchev–Trinajstić information content (AvgIpc) is 2.76. The first kappa shape index (κ1) is 22.7. The molecule has 7 heteroatoms. The van der Waals surface area contributed by atoms with Crippen LogP contribution >= 0.6 is 15.9 Å². The molecule has 0 aliphatic carbocycles. The maximum atomic E-state index is 11.5. The van der Waals surface area contributed by atoms with Gasteiger partial charge in [0.15, 0.2) is 17.3 Å². The smallest absolute Gasteiger partial charge is 0.161 e. The fourth-order valence-corrected chi connectivity index (χ4v) is 4.04. The second-order valence-corrected chi connectivity index (χ2v) is 8.39. The van der Waals surface area contributed by atoms with Crippen LogP contribution in [0.3, 0.4) is 0 Å². The molecule has 0 bridgehead atoms. The van der Waals surface area contributed by atoms with E-state index in [0.29, 0.717) is 36.8 Å². The lowest BCUT2D eigenvalue weighted by Gasteiger charge is -2.39. The number of aliphatic hydroxyl groups excluding tert-OH is 1. The minimum absolute atomic E-state index is 0.0432. The van der Waals surface area contributed by atoms with Crippen LogP contribution in [-0.2, 0) is 10.3 Å². The number of carbonyl (C=O) groups excluding carboxylic acids is 1. The standard InChI is InChI=1S/C23H28BrNO5/c1-16(26)17-6-7-21(22(12-17)28-2)30-15-20(27)14-25-23(8-10-29-11-9-23)18-4-3-5-19(24)13-18/h3-7,12-13,20,25,27H,8-11,14-15H2,1-2H3. The van der Waals surface area contributed by atoms with Crippen molar-refractivity contribution < 1.29 is 24.1 Å². The zero-order chi connectivity index (χ0) is 21.6. The lowest BCUT2D eigenvalue weighted by Crippen LogP contribution is -2.50. The van der Waals surface area contributed by atoms with Crippen LogP contribution in [0.15, 0.2) is 46.9 Å². The molecular formula is C23H28BrNO5. The largest absolute Gasteiger partial charge is 0.493 e. The molecule has 6 nitrogen and oxygen atoms in total. The van der Waals surface area contributed by atoms with E-state index < -0.39 is 6.10 Å². The first-order valence-corrected chi connectivity index (χ1v) is 10.8. The summed E-state index contributed by atoms with van der Waals surface area (Å²) in [5.74, 6) is 0.922. The summed E-state index contributed by atoms with van der Waals surface area (Å²) in [5, 5.41) is 14.1. The van der Waals surface area contributed by atoms with Crippen molar-refractivity contribution in [2.75, 3.05) is 33.5 Å². The number of methoxy groups -OCH3 is 1. The summed E-state index contributed by atoms with van der Waals surface area (Å²) < 4.78 is 17.7. The first-order valence-electron chi connectivity index (χ1n) is 10.0. The van der Waals surface area contributed by atoms with E-state index in [1.54, 1.807) is 18.2 Å². The SMILES string of the molecule is COc1cc(C(C)=O)ccc1OCC(O)CNC1(c2cccc(Br)c2)CCOCC1. The molecule has 1 atom stereocenters. The molecule has 2 aromatic rings. The molecule has 0 aromatic heterocycles. The molecule has 1 unspecified atom stereocenters. The molecule has 3 rings (SSSR count). The van der Waals surface area contributed by atoms with Crippen LogP contribution in [0.1, 0.15) is 35.7 Å². The fourth-order valence-electron chi connectivity index (χ4n) is 3.64. The van der Waals surface area contributed by atoms with Crippen LogP contribution in [0.5, 0.6) is 11.5 Å². The van der Waals surface area contributed by atoms with Crippen molar-refractivity contribution in [3.63, 3.8) is 0 Å². The van der Waals surface area contributed by atoms with Gasteiger partial charge in [-0.2, -0.15) is 0 Å². The minimum Gasteiger partial charge on any atom is -0.493 e. The Balaban J connectivity index is 1.62. The van der Waals surface area contributed by atoms with Gasteiger partial charge in [-0.25, -0.2) is 0 Å². The van der Waals surface area contributed by atoms with Gasteiger partial charge >= 0.3 is 0 Å². The van der Waals surface area contributed by atoms with Crippen molar-refractivity contribution in [3.8, 4) is 11.5 Å². The predicted octanol–water partition coefficient (Wildman–Crippen LogP) is 3.70. The summed E-state index contributed by atoms with van der Waals surface area (Å²) >= 11 is 3.55. The number of carbonyl (C=O) groups is 1. The Morgan fingerprint density at radius 2 is 2.00 bits per heavy atom. The molecule has 1 fully saturated rings. The van der Waals surface area contributed by atoms with E-state index >= 15 is 0 Å². The summed E-state index contributed by atoms with van der Waals surface area (Å²) in [6.07, 6.45) is 0.948. The van der Waals surface area contributed by atoms with Crippen molar-refractivity contribution in [1.29, 1.82) is 0 Å². The third kappa shape index (κ3) is 5.60. The second kappa shape index (κ2) is 10.4. The summed E-state index contributed by atoms with van der Waals surface area (Å²) in [6, 6.07) is 13.3. The van der Waals surface area contributed by atoms with Gasteiger partial charge in [0.1, 0.15) is 12.7 Å². The second-order valence-electron chi connectivity index (χ2n) is 7.47. The number of benzene rings is 2. The van der Waals surface area contributed by atoms with Crippen LogP contribution in [0.4, 0.5) is 0 Å². The molecule has 0 saturated carbocycles. The van der Waals surface area contributed by atoms with Crippen molar-refractivity contribution >= 4 is 21.7 Å². The number of ketones is 1. The highest BCUT2D eigenvalue weighted by molar-refractivity contribution is 9.10. The van der Waals surface area contributed by atoms with E-state index in [9.17, 15) is 9.90 Å². The molecule has 1 saturated heterocycles. The quantitative estimate of drug-likeness (QED) is 0.536. The van der Waals surface area contributed by atoms with Gasteiger partial charge in [0.25, 0.3) is 0 Å². The highest BCUT2D eigenvalue weighted by atomic mass is 79.9. The van der Waals surface area contributed by atoms with Crippen LogP contribution in [0.25, 0.3) is 0 Å². The van der Waals surface area contributed by atoms with Gasteiger partial charge in [-0.05, 0) is 55.7 Å². The van der Waals surface area contributed by atoms with E-state index in [1.807, 2.05) is 12.1 Å². The molecule has 0 radical (unpaired) electrons. The molecule has 30 heavy (non-hydrogen) atoms. The van der Waals surface area contributed by atoms with Crippen LogP contribution in [-0.4, -0.2) is 50.5 Å². The van der Waals surface area contributed by atoms with Gasteiger partial charge in [-0.15, -0.1) is 0 Å². The van der Waals surface area contributed by atoms with Gasteiger partial charge in [0.05, 0.1) is 7.11 Å². The van der Waals surface area contributed by atoms with Crippen molar-refractivity contribution in [3.05, 3.63) is 58.1 Å². The molecule has 1 heterocycles. The van der Waals surface area contributed by atoms with Gasteiger partial charge in [-0.3, -0.25) is 4.79 Å². The highest BCUT2D eigenvalue weighted by Gasteiger charge is 2.34. The number of Topliss-reactive ketones (excluding diaryl/α,β-unsaturated/α-hetero) is 1. The van der Waals surface area contributed by atoms with E-state index in [1.165, 1.54) is 19.6 Å². The Morgan fingerprint density at radius 1 is 1.23 bits per heavy atom. The molecule has 1 aliphatic rings. The Labute approximate surface area is 185 Å². The molecule has 0 amide bonds. The third-order valence-electron chi connectivity index (χ3n) is 5.40. The molecular weight excluding hydrogens is 450 g/mol. The van der Waals surface area contributed by atoms with E-state index in [-0.39, 0.29) is 17.9 Å². The van der Waals surface area contributed by atoms with Crippen LogP contribution in [0.2, 0.25) is 0 Å². The number of hydrogen-bond acceptors (Lipinski definition) is 6. The molecule has 2 aromatic carbocycles. The number of halogens is 1. The van der Waals surface area contributed by atoms with Gasteiger partial charge in [0.2, 0.25) is 0 Å².